The molecule has 5 heteroatoms. The molecule has 2 aromatic carbocycles. The van der Waals surface area contributed by atoms with Crippen LogP contribution in [0.1, 0.15) is 35.3 Å². The van der Waals surface area contributed by atoms with Gasteiger partial charge in [-0.1, -0.05) is 30.3 Å². The van der Waals surface area contributed by atoms with Crippen molar-refractivity contribution in [2.45, 2.75) is 25.8 Å². The Bertz CT molecular complexity index is 753. The molecule has 1 aliphatic rings. The van der Waals surface area contributed by atoms with Gasteiger partial charge in [-0.15, -0.1) is 0 Å². The van der Waals surface area contributed by atoms with Gasteiger partial charge < -0.3 is 5.32 Å². The van der Waals surface area contributed by atoms with Crippen LogP contribution in [0.5, 0.6) is 5.75 Å². The number of rotatable bonds is 4. The molecule has 1 heterocycles. The number of amides is 1. The van der Waals surface area contributed by atoms with Gasteiger partial charge in [0.2, 0.25) is 0 Å². The Balaban J connectivity index is 1.75. The molecule has 0 aliphatic carbocycles. The SMILES string of the molecule is CC(C)(C(=O)OOc1ccccc1)c1ccc2c(c1)CNC2=O. The van der Waals surface area contributed by atoms with Crippen molar-refractivity contribution in [2.75, 3.05) is 0 Å². The molecule has 0 radical (unpaired) electrons. The fraction of sp³-hybridized carbons (Fsp3) is 0.222. The molecule has 1 amide bonds. The lowest BCUT2D eigenvalue weighted by molar-refractivity contribution is -0.219. The molecule has 0 aromatic heterocycles. The van der Waals surface area contributed by atoms with E-state index in [0.717, 1.165) is 11.1 Å². The molecule has 0 unspecified atom stereocenters. The first-order valence-corrected chi connectivity index (χ1v) is 7.34. The van der Waals surface area contributed by atoms with E-state index in [1.54, 1.807) is 50.2 Å². The van der Waals surface area contributed by atoms with E-state index in [1.807, 2.05) is 12.1 Å². The zero-order valence-electron chi connectivity index (χ0n) is 13.0. The van der Waals surface area contributed by atoms with Gasteiger partial charge in [0.25, 0.3) is 5.91 Å². The van der Waals surface area contributed by atoms with E-state index < -0.39 is 11.4 Å². The van der Waals surface area contributed by atoms with E-state index in [0.29, 0.717) is 17.9 Å². The number of para-hydroxylation sites is 1. The predicted octanol–water partition coefficient (Wildman–Crippen LogP) is 2.74. The summed E-state index contributed by atoms with van der Waals surface area (Å²) in [5.41, 5.74) is 1.42. The minimum Gasteiger partial charge on any atom is -0.348 e. The lowest BCUT2D eigenvalue weighted by atomic mass is 9.83. The molecule has 0 atom stereocenters. The molecule has 1 aliphatic heterocycles. The third-order valence-electron chi connectivity index (χ3n) is 3.98. The Morgan fingerprint density at radius 3 is 2.61 bits per heavy atom. The molecular weight excluding hydrogens is 294 g/mol. The van der Waals surface area contributed by atoms with Crippen molar-refractivity contribution in [3.05, 3.63) is 65.2 Å². The van der Waals surface area contributed by atoms with Gasteiger partial charge in [-0.2, -0.15) is 0 Å². The van der Waals surface area contributed by atoms with Gasteiger partial charge in [-0.25, -0.2) is 9.68 Å². The summed E-state index contributed by atoms with van der Waals surface area (Å²) in [6.45, 7) is 4.00. The first-order valence-electron chi connectivity index (χ1n) is 7.34. The highest BCUT2D eigenvalue weighted by Crippen LogP contribution is 2.28. The number of fused-ring (bicyclic) bond motifs is 1. The Labute approximate surface area is 134 Å². The first kappa shape index (κ1) is 15.1. The van der Waals surface area contributed by atoms with Gasteiger partial charge in [-0.05, 0) is 43.2 Å². The quantitative estimate of drug-likeness (QED) is 0.696. The van der Waals surface area contributed by atoms with Crippen molar-refractivity contribution in [1.29, 1.82) is 0 Å². The number of nitrogens with one attached hydrogen (secondary N) is 1. The van der Waals surface area contributed by atoms with Gasteiger partial charge >= 0.3 is 5.97 Å². The Kier molecular flexibility index (Phi) is 3.78. The van der Waals surface area contributed by atoms with E-state index in [2.05, 4.69) is 5.32 Å². The Morgan fingerprint density at radius 1 is 1.13 bits per heavy atom. The van der Waals surface area contributed by atoms with Crippen molar-refractivity contribution in [3.8, 4) is 5.75 Å². The van der Waals surface area contributed by atoms with Crippen molar-refractivity contribution in [2.24, 2.45) is 0 Å². The van der Waals surface area contributed by atoms with E-state index in [1.165, 1.54) is 0 Å². The highest BCUT2D eigenvalue weighted by Gasteiger charge is 2.34. The molecule has 0 spiro atoms. The molecule has 0 saturated heterocycles. The molecule has 5 nitrogen and oxygen atoms in total. The second-order valence-electron chi connectivity index (χ2n) is 5.95. The monoisotopic (exact) mass is 311 g/mol. The molecule has 0 saturated carbocycles. The van der Waals surface area contributed by atoms with Crippen LogP contribution in [-0.2, 0) is 21.6 Å². The summed E-state index contributed by atoms with van der Waals surface area (Å²) < 4.78 is 0. The smallest absolute Gasteiger partial charge is 0.348 e. The van der Waals surface area contributed by atoms with Gasteiger partial charge in [0.05, 0.1) is 5.41 Å². The van der Waals surface area contributed by atoms with Crippen LogP contribution in [0, 0.1) is 0 Å². The van der Waals surface area contributed by atoms with Crippen LogP contribution < -0.4 is 10.2 Å². The zero-order valence-corrected chi connectivity index (χ0v) is 13.0. The van der Waals surface area contributed by atoms with Crippen LogP contribution >= 0.6 is 0 Å². The standard InChI is InChI=1S/C18H17NO4/c1-18(2,17(21)23-22-14-6-4-3-5-7-14)13-8-9-15-12(10-13)11-19-16(15)20/h3-10H,11H2,1-2H3,(H,19,20). The summed E-state index contributed by atoms with van der Waals surface area (Å²) in [5.74, 6) is -0.127. The topological polar surface area (TPSA) is 64.6 Å². The number of carbonyl (C=O) groups is 2. The number of carbonyl (C=O) groups excluding carboxylic acids is 2. The highest BCUT2D eigenvalue weighted by atomic mass is 17.2. The van der Waals surface area contributed by atoms with Crippen LogP contribution in [0.15, 0.2) is 48.5 Å². The Morgan fingerprint density at radius 2 is 1.87 bits per heavy atom. The summed E-state index contributed by atoms with van der Waals surface area (Å²) in [6.07, 6.45) is 0. The second kappa shape index (κ2) is 5.76. The molecule has 0 bridgehead atoms. The molecule has 2 aromatic rings. The molecule has 118 valence electrons. The average Bonchev–Trinajstić information content (AvgIpc) is 2.94. The lowest BCUT2D eigenvalue weighted by Crippen LogP contribution is -2.32. The third-order valence-corrected chi connectivity index (χ3v) is 3.98. The highest BCUT2D eigenvalue weighted by molar-refractivity contribution is 5.98. The molecule has 0 fully saturated rings. The molecule has 1 N–H and O–H groups in total. The van der Waals surface area contributed by atoms with E-state index in [-0.39, 0.29) is 5.91 Å². The summed E-state index contributed by atoms with van der Waals surface area (Å²) >= 11 is 0. The van der Waals surface area contributed by atoms with Crippen molar-refractivity contribution in [1.82, 2.24) is 5.32 Å². The third kappa shape index (κ3) is 2.90. The van der Waals surface area contributed by atoms with Gasteiger partial charge in [-0.3, -0.25) is 9.68 Å². The fourth-order valence-corrected chi connectivity index (χ4v) is 2.41. The maximum absolute atomic E-state index is 12.4. The predicted molar refractivity (Wildman–Crippen MR) is 83.8 cm³/mol. The number of hydrogen-bond acceptors (Lipinski definition) is 4. The van der Waals surface area contributed by atoms with E-state index >= 15 is 0 Å². The normalized spacial score (nSPS) is 13.2. The average molecular weight is 311 g/mol. The number of hydrogen-bond donors (Lipinski definition) is 1. The van der Waals surface area contributed by atoms with Crippen LogP contribution in [0.25, 0.3) is 0 Å². The lowest BCUT2D eigenvalue weighted by Gasteiger charge is -2.22. The minimum absolute atomic E-state index is 0.0839. The van der Waals surface area contributed by atoms with E-state index in [4.69, 9.17) is 9.78 Å². The maximum Gasteiger partial charge on any atom is 0.365 e. The van der Waals surface area contributed by atoms with Gasteiger partial charge in [0.1, 0.15) is 0 Å². The molecule has 23 heavy (non-hydrogen) atoms. The van der Waals surface area contributed by atoms with Crippen LogP contribution in [0.2, 0.25) is 0 Å². The first-order chi connectivity index (χ1) is 11.0. The summed E-state index contributed by atoms with van der Waals surface area (Å²) in [7, 11) is 0. The van der Waals surface area contributed by atoms with Crippen LogP contribution in [0.4, 0.5) is 0 Å². The maximum atomic E-state index is 12.4. The summed E-state index contributed by atoms with van der Waals surface area (Å²) in [6, 6.07) is 14.2. The van der Waals surface area contributed by atoms with Crippen molar-refractivity contribution < 1.29 is 19.4 Å². The fourth-order valence-electron chi connectivity index (χ4n) is 2.41. The van der Waals surface area contributed by atoms with Crippen molar-refractivity contribution in [3.63, 3.8) is 0 Å². The summed E-state index contributed by atoms with van der Waals surface area (Å²) in [4.78, 5) is 34.0. The van der Waals surface area contributed by atoms with E-state index in [9.17, 15) is 9.59 Å². The molecular formula is C18H17NO4. The second-order valence-corrected chi connectivity index (χ2v) is 5.95. The number of benzene rings is 2. The van der Waals surface area contributed by atoms with Gasteiger partial charge in [0.15, 0.2) is 5.75 Å². The van der Waals surface area contributed by atoms with Crippen LogP contribution in [0.3, 0.4) is 0 Å². The Hall–Kier alpha value is -2.82. The van der Waals surface area contributed by atoms with Gasteiger partial charge in [0, 0.05) is 12.1 Å². The van der Waals surface area contributed by atoms with Crippen LogP contribution in [-0.4, -0.2) is 11.9 Å². The largest absolute Gasteiger partial charge is 0.365 e. The minimum atomic E-state index is -0.893. The zero-order chi connectivity index (χ0) is 16.4. The van der Waals surface area contributed by atoms with Crippen molar-refractivity contribution >= 4 is 11.9 Å². The molecule has 3 rings (SSSR count). The summed E-state index contributed by atoms with van der Waals surface area (Å²) in [5, 5.41) is 2.76.